The van der Waals surface area contributed by atoms with Crippen LogP contribution in [0.25, 0.3) is 0 Å². The van der Waals surface area contributed by atoms with E-state index in [4.69, 9.17) is 4.74 Å². The van der Waals surface area contributed by atoms with Crippen LogP contribution in [0.2, 0.25) is 0 Å². The molecule has 24 heavy (non-hydrogen) atoms. The summed E-state index contributed by atoms with van der Waals surface area (Å²) in [7, 11) is -2.02. The molecule has 1 saturated heterocycles. The fourth-order valence-electron chi connectivity index (χ4n) is 2.38. The molecule has 0 radical (unpaired) electrons. The Balaban J connectivity index is 2.14. The lowest BCUT2D eigenvalue weighted by Crippen LogP contribution is -2.27. The van der Waals surface area contributed by atoms with E-state index in [0.29, 0.717) is 13.1 Å². The molecule has 0 atom stereocenters. The summed E-state index contributed by atoms with van der Waals surface area (Å²) in [5.41, 5.74) is -0.492. The number of hydrogen-bond acceptors (Lipinski definition) is 5. The third kappa shape index (κ3) is 3.87. The van der Waals surface area contributed by atoms with E-state index >= 15 is 0 Å². The maximum Gasteiger partial charge on any atom is 0.355 e. The van der Waals surface area contributed by atoms with Crippen molar-refractivity contribution in [3.05, 3.63) is 18.0 Å². The molecule has 2 rings (SSSR count). The summed E-state index contributed by atoms with van der Waals surface area (Å²) < 4.78 is 32.9. The molecule has 0 amide bonds. The second-order valence-corrected chi connectivity index (χ2v) is 8.97. The van der Waals surface area contributed by atoms with Gasteiger partial charge in [-0.25, -0.2) is 13.2 Å². The zero-order chi connectivity index (χ0) is 18.1. The first kappa shape index (κ1) is 18.7. The molecule has 0 spiro atoms. The van der Waals surface area contributed by atoms with E-state index in [1.807, 2.05) is 0 Å². The van der Waals surface area contributed by atoms with Gasteiger partial charge in [0, 0.05) is 31.7 Å². The maximum atomic E-state index is 12.5. The van der Waals surface area contributed by atoms with Gasteiger partial charge in [0.05, 0.1) is 0 Å². The molecule has 7 nitrogen and oxygen atoms in total. The van der Waals surface area contributed by atoms with Gasteiger partial charge in [-0.2, -0.15) is 4.31 Å². The van der Waals surface area contributed by atoms with E-state index in [2.05, 4.69) is 0 Å². The summed E-state index contributed by atoms with van der Waals surface area (Å²) in [6.07, 6.45) is 3.08. The Kier molecular flexibility index (Phi) is 5.19. The van der Waals surface area contributed by atoms with Gasteiger partial charge in [-0.05, 0) is 18.9 Å². The Morgan fingerprint density at radius 3 is 2.33 bits per heavy atom. The van der Waals surface area contributed by atoms with Crippen LogP contribution in [0.5, 0.6) is 0 Å². The summed E-state index contributed by atoms with van der Waals surface area (Å²) in [6, 6.07) is 1.30. The zero-order valence-corrected chi connectivity index (χ0v) is 15.4. The molecule has 0 saturated carbocycles. The van der Waals surface area contributed by atoms with E-state index < -0.39 is 21.4 Å². The summed E-state index contributed by atoms with van der Waals surface area (Å²) in [5, 5.41) is 0. The maximum absolute atomic E-state index is 12.5. The molecule has 0 bridgehead atoms. The predicted molar refractivity (Wildman–Crippen MR) is 88.2 cm³/mol. The Labute approximate surface area is 142 Å². The van der Waals surface area contributed by atoms with Crippen molar-refractivity contribution in [1.82, 2.24) is 8.87 Å². The number of carbonyl (C=O) groups is 2. The Morgan fingerprint density at radius 1 is 1.21 bits per heavy atom. The van der Waals surface area contributed by atoms with Crippen molar-refractivity contribution < 1.29 is 22.7 Å². The number of esters is 1. The van der Waals surface area contributed by atoms with Crippen LogP contribution in [-0.4, -0.2) is 48.7 Å². The van der Waals surface area contributed by atoms with E-state index in [1.54, 1.807) is 27.8 Å². The number of ketones is 1. The highest BCUT2D eigenvalue weighted by molar-refractivity contribution is 7.89. The van der Waals surface area contributed by atoms with Crippen LogP contribution in [0, 0.1) is 5.41 Å². The molecule has 0 aliphatic carbocycles. The summed E-state index contributed by atoms with van der Waals surface area (Å²) in [5.74, 6) is -0.909. The Bertz CT molecular complexity index is 737. The summed E-state index contributed by atoms with van der Waals surface area (Å²) >= 11 is 0. The number of Topliss-reactive ketones (excluding diaryl/α,β-unsaturated/α-hetero) is 1. The van der Waals surface area contributed by atoms with Crippen LogP contribution < -0.4 is 0 Å². The lowest BCUT2D eigenvalue weighted by atomic mass is 9.91. The minimum Gasteiger partial charge on any atom is -0.453 e. The van der Waals surface area contributed by atoms with Crippen molar-refractivity contribution in [2.45, 2.75) is 38.5 Å². The molecule has 0 aromatic carbocycles. The number of nitrogens with zero attached hydrogens (tertiary/aromatic N) is 2. The van der Waals surface area contributed by atoms with Crippen LogP contribution >= 0.6 is 0 Å². The fraction of sp³-hybridized carbons (Fsp3) is 0.625. The minimum atomic E-state index is -3.59. The van der Waals surface area contributed by atoms with Crippen LogP contribution in [0.4, 0.5) is 0 Å². The second kappa shape index (κ2) is 6.68. The number of rotatable bonds is 5. The number of carbonyl (C=O) groups excluding carboxylic acids is 2. The highest BCUT2D eigenvalue weighted by Gasteiger charge is 2.30. The first-order valence-corrected chi connectivity index (χ1v) is 9.34. The van der Waals surface area contributed by atoms with Gasteiger partial charge in [0.1, 0.15) is 10.6 Å². The average molecular weight is 356 g/mol. The SMILES string of the molecule is Cn1cc(S(=O)(=O)N2CCCC2)cc1C(=O)OCC(=O)C(C)(C)C. The van der Waals surface area contributed by atoms with Crippen LogP contribution in [0.1, 0.15) is 44.1 Å². The van der Waals surface area contributed by atoms with Crippen molar-refractivity contribution in [2.24, 2.45) is 12.5 Å². The molecular weight excluding hydrogens is 332 g/mol. The molecule has 1 aromatic rings. The number of ether oxygens (including phenoxy) is 1. The summed E-state index contributed by atoms with van der Waals surface area (Å²) in [4.78, 5) is 24.1. The van der Waals surface area contributed by atoms with Crippen molar-refractivity contribution in [3.8, 4) is 0 Å². The number of sulfonamides is 1. The minimum absolute atomic E-state index is 0.0704. The molecule has 1 fully saturated rings. The van der Waals surface area contributed by atoms with E-state index in [-0.39, 0.29) is 23.0 Å². The lowest BCUT2D eigenvalue weighted by Gasteiger charge is -2.16. The van der Waals surface area contributed by atoms with Gasteiger partial charge in [-0.3, -0.25) is 4.79 Å². The van der Waals surface area contributed by atoms with Crippen molar-refractivity contribution in [2.75, 3.05) is 19.7 Å². The molecule has 0 unspecified atom stereocenters. The molecule has 1 aliphatic heterocycles. The first-order valence-electron chi connectivity index (χ1n) is 7.90. The topological polar surface area (TPSA) is 85.7 Å². The Morgan fingerprint density at radius 2 is 1.79 bits per heavy atom. The van der Waals surface area contributed by atoms with E-state index in [9.17, 15) is 18.0 Å². The first-order chi connectivity index (χ1) is 11.0. The van der Waals surface area contributed by atoms with Crippen LogP contribution in [0.3, 0.4) is 0 Å². The van der Waals surface area contributed by atoms with Gasteiger partial charge in [0.2, 0.25) is 10.0 Å². The predicted octanol–water partition coefficient (Wildman–Crippen LogP) is 1.58. The third-order valence-corrected chi connectivity index (χ3v) is 5.93. The standard InChI is InChI=1S/C16H24N2O5S/c1-16(2,3)14(19)11-23-15(20)13-9-12(10-17(13)4)24(21,22)18-7-5-6-8-18/h9-10H,5-8,11H2,1-4H3. The highest BCUT2D eigenvalue weighted by Crippen LogP contribution is 2.23. The van der Waals surface area contributed by atoms with E-state index in [1.165, 1.54) is 21.1 Å². The fourth-order valence-corrected chi connectivity index (χ4v) is 3.97. The quantitative estimate of drug-likeness (QED) is 0.748. The zero-order valence-electron chi connectivity index (χ0n) is 14.5. The van der Waals surface area contributed by atoms with Gasteiger partial charge >= 0.3 is 5.97 Å². The molecular formula is C16H24N2O5S. The van der Waals surface area contributed by atoms with Crippen molar-refractivity contribution in [1.29, 1.82) is 0 Å². The number of hydrogen-bond donors (Lipinski definition) is 0. The largest absolute Gasteiger partial charge is 0.453 e. The van der Waals surface area contributed by atoms with Crippen LogP contribution in [-0.2, 0) is 26.6 Å². The van der Waals surface area contributed by atoms with Crippen molar-refractivity contribution in [3.63, 3.8) is 0 Å². The second-order valence-electron chi connectivity index (χ2n) is 7.03. The highest BCUT2D eigenvalue weighted by atomic mass is 32.2. The van der Waals surface area contributed by atoms with Crippen molar-refractivity contribution >= 4 is 21.8 Å². The smallest absolute Gasteiger partial charge is 0.355 e. The molecule has 8 heteroatoms. The molecule has 1 aromatic heterocycles. The third-order valence-electron chi connectivity index (χ3n) is 4.06. The number of aryl methyl sites for hydroxylation is 1. The Hall–Kier alpha value is -1.67. The van der Waals surface area contributed by atoms with Crippen LogP contribution in [0.15, 0.2) is 17.2 Å². The number of aromatic nitrogens is 1. The monoisotopic (exact) mass is 356 g/mol. The van der Waals surface area contributed by atoms with Gasteiger partial charge in [0.25, 0.3) is 0 Å². The molecule has 134 valence electrons. The average Bonchev–Trinajstić information content (AvgIpc) is 3.12. The van der Waals surface area contributed by atoms with Gasteiger partial charge in [0.15, 0.2) is 12.4 Å². The van der Waals surface area contributed by atoms with E-state index in [0.717, 1.165) is 12.8 Å². The van der Waals surface area contributed by atoms with Gasteiger partial charge in [-0.15, -0.1) is 0 Å². The summed E-state index contributed by atoms with van der Waals surface area (Å²) in [6.45, 7) is 5.89. The molecule has 2 heterocycles. The van der Waals surface area contributed by atoms with Gasteiger partial charge in [-0.1, -0.05) is 20.8 Å². The molecule has 1 aliphatic rings. The lowest BCUT2D eigenvalue weighted by molar-refractivity contribution is -0.129. The van der Waals surface area contributed by atoms with Gasteiger partial charge < -0.3 is 9.30 Å². The normalized spacial score (nSPS) is 16.3. The molecule has 0 N–H and O–H groups in total.